The summed E-state index contributed by atoms with van der Waals surface area (Å²) in [5.74, 6) is 0.982. The maximum absolute atomic E-state index is 14.5. The topological polar surface area (TPSA) is 120 Å². The largest absolute Gasteiger partial charge is 0.489 e. The fourth-order valence-electron chi connectivity index (χ4n) is 5.16. The molecule has 0 atom stereocenters. The van der Waals surface area contributed by atoms with Crippen LogP contribution in [0.3, 0.4) is 0 Å². The van der Waals surface area contributed by atoms with Gasteiger partial charge in [0.2, 0.25) is 0 Å². The van der Waals surface area contributed by atoms with Crippen molar-refractivity contribution in [1.82, 2.24) is 30.2 Å². The van der Waals surface area contributed by atoms with Gasteiger partial charge in [-0.2, -0.15) is 10.4 Å². The van der Waals surface area contributed by atoms with Crippen molar-refractivity contribution < 1.29 is 13.9 Å². The first kappa shape index (κ1) is 26.9. The minimum Gasteiger partial charge on any atom is -0.489 e. The van der Waals surface area contributed by atoms with Crippen LogP contribution in [0.2, 0.25) is 5.02 Å². The number of aromatic nitrogens is 4. The number of nitrogens with zero attached hydrogens (tertiary/aromatic N) is 6. The first-order valence-corrected chi connectivity index (χ1v) is 13.7. The lowest BCUT2D eigenvalue weighted by atomic mass is 9.89. The van der Waals surface area contributed by atoms with Crippen LogP contribution in [-0.4, -0.2) is 69.5 Å². The van der Waals surface area contributed by atoms with Gasteiger partial charge in [-0.1, -0.05) is 11.6 Å². The summed E-state index contributed by atoms with van der Waals surface area (Å²) in [7, 11) is 0. The van der Waals surface area contributed by atoms with Gasteiger partial charge >= 0.3 is 0 Å². The lowest BCUT2D eigenvalue weighted by molar-refractivity contribution is 0.0345. The van der Waals surface area contributed by atoms with E-state index in [-0.39, 0.29) is 31.3 Å². The van der Waals surface area contributed by atoms with Crippen LogP contribution in [-0.2, 0) is 0 Å². The highest BCUT2D eigenvalue weighted by molar-refractivity contribution is 6.33. The monoisotopic (exact) mass is 574 g/mol. The van der Waals surface area contributed by atoms with E-state index in [4.69, 9.17) is 21.3 Å². The molecule has 0 aromatic carbocycles. The second-order valence-electron chi connectivity index (χ2n) is 10.8. The van der Waals surface area contributed by atoms with E-state index >= 15 is 0 Å². The second kappa shape index (κ2) is 10.6. The van der Waals surface area contributed by atoms with Crippen molar-refractivity contribution >= 4 is 28.8 Å². The molecule has 0 radical (unpaired) electrons. The molecule has 4 aromatic rings. The molecule has 6 rings (SSSR count). The molecule has 2 saturated heterocycles. The van der Waals surface area contributed by atoms with Crippen LogP contribution in [0.15, 0.2) is 55.1 Å². The molecule has 10 nitrogen and oxygen atoms in total. The highest BCUT2D eigenvalue weighted by Crippen LogP contribution is 2.33. The number of rotatable bonds is 7. The summed E-state index contributed by atoms with van der Waals surface area (Å²) in [4.78, 5) is 23.8. The van der Waals surface area contributed by atoms with E-state index < -0.39 is 11.2 Å². The predicted molar refractivity (Wildman–Crippen MR) is 152 cm³/mol. The molecular weight excluding hydrogens is 547 g/mol. The van der Waals surface area contributed by atoms with Crippen LogP contribution in [0.1, 0.15) is 35.8 Å². The van der Waals surface area contributed by atoms with E-state index in [1.807, 2.05) is 19.1 Å². The van der Waals surface area contributed by atoms with Crippen molar-refractivity contribution in [3.8, 4) is 22.9 Å². The van der Waals surface area contributed by atoms with Gasteiger partial charge in [0.1, 0.15) is 29.9 Å². The summed E-state index contributed by atoms with van der Waals surface area (Å²) in [6.45, 7) is 3.88. The van der Waals surface area contributed by atoms with Gasteiger partial charge in [0.25, 0.3) is 5.91 Å². The number of carbonyl (C=O) groups excluding carboxylic acids is 1. The number of amides is 1. The van der Waals surface area contributed by atoms with Gasteiger partial charge in [0.15, 0.2) is 5.67 Å². The number of anilines is 1. The van der Waals surface area contributed by atoms with Crippen molar-refractivity contribution in [2.24, 2.45) is 0 Å². The zero-order chi connectivity index (χ0) is 28.6. The van der Waals surface area contributed by atoms with E-state index in [9.17, 15) is 14.4 Å². The molecule has 12 heteroatoms. The summed E-state index contributed by atoms with van der Waals surface area (Å²) in [6, 6.07) is 11.2. The Bertz CT molecular complexity index is 1640. The summed E-state index contributed by atoms with van der Waals surface area (Å²) in [5, 5.41) is 20.3. The van der Waals surface area contributed by atoms with Crippen LogP contribution < -0.4 is 20.3 Å². The first-order chi connectivity index (χ1) is 19.8. The Labute approximate surface area is 241 Å². The molecule has 2 fully saturated rings. The third-order valence-electron chi connectivity index (χ3n) is 7.73. The molecule has 210 valence electrons. The molecule has 2 N–H and O–H groups in total. The van der Waals surface area contributed by atoms with Gasteiger partial charge in [0, 0.05) is 55.2 Å². The number of carbonyl (C=O) groups is 1. The maximum Gasteiger partial charge on any atom is 0.271 e. The number of piperidine rings is 1. The molecule has 0 aliphatic carbocycles. The van der Waals surface area contributed by atoms with Crippen molar-refractivity contribution in [3.63, 3.8) is 0 Å². The van der Waals surface area contributed by atoms with Gasteiger partial charge in [0.05, 0.1) is 28.5 Å². The highest BCUT2D eigenvalue weighted by atomic mass is 35.5. The average Bonchev–Trinajstić information content (AvgIpc) is 3.38. The average molecular weight is 575 g/mol. The number of nitrogens with one attached hydrogen (secondary N) is 2. The Kier molecular flexibility index (Phi) is 6.97. The Morgan fingerprint density at radius 1 is 1.24 bits per heavy atom. The van der Waals surface area contributed by atoms with Gasteiger partial charge in [-0.3, -0.25) is 4.79 Å². The maximum atomic E-state index is 14.5. The molecule has 0 saturated carbocycles. The van der Waals surface area contributed by atoms with Crippen molar-refractivity contribution in [1.29, 1.82) is 5.26 Å². The quantitative estimate of drug-likeness (QED) is 0.342. The zero-order valence-corrected chi connectivity index (χ0v) is 23.2. The molecule has 0 bridgehead atoms. The normalized spacial score (nSPS) is 17.5. The molecule has 0 spiro atoms. The number of ether oxygens (including phenoxy) is 1. The molecule has 0 unspecified atom stereocenters. The van der Waals surface area contributed by atoms with Gasteiger partial charge in [-0.05, 0) is 50.1 Å². The molecule has 4 aromatic heterocycles. The Hall–Kier alpha value is -4.27. The standard InChI is InChI=1S/C29H28ClFN8O2/c1-28(37-27(40)25-23(30)3-2-8-34-25)6-9-38(10-7-28)24-5-4-19(13-35-24)22-11-21(41-18-29(31)16-33-17-29)15-39-26(22)20(12-32)14-36-39/h2-5,8,11,13-15,33H,6-7,9-10,16-18H2,1H3,(H,37,40). The second-order valence-corrected chi connectivity index (χ2v) is 11.2. The van der Waals surface area contributed by atoms with E-state index in [2.05, 4.69) is 31.7 Å². The SMILES string of the molecule is CC1(NC(=O)c2ncccc2Cl)CCN(c2ccc(-c3cc(OCC4(F)CNC4)cn4ncc(C#N)c34)cn2)CC1. The summed E-state index contributed by atoms with van der Waals surface area (Å²) < 4.78 is 21.9. The molecule has 6 heterocycles. The van der Waals surface area contributed by atoms with Gasteiger partial charge in [-0.25, -0.2) is 18.9 Å². The Morgan fingerprint density at radius 2 is 2.05 bits per heavy atom. The molecule has 41 heavy (non-hydrogen) atoms. The minimum absolute atomic E-state index is 0.0717. The van der Waals surface area contributed by atoms with Gasteiger partial charge < -0.3 is 20.3 Å². The number of hydrogen-bond acceptors (Lipinski definition) is 8. The highest BCUT2D eigenvalue weighted by Gasteiger charge is 2.38. The third-order valence-corrected chi connectivity index (χ3v) is 8.03. The first-order valence-electron chi connectivity index (χ1n) is 13.3. The van der Waals surface area contributed by atoms with E-state index in [0.29, 0.717) is 34.9 Å². The van der Waals surface area contributed by atoms with E-state index in [0.717, 1.165) is 29.8 Å². The summed E-state index contributed by atoms with van der Waals surface area (Å²) in [6.07, 6.45) is 7.91. The minimum atomic E-state index is -1.39. The fraction of sp³-hybridized carbons (Fsp3) is 0.345. The van der Waals surface area contributed by atoms with E-state index in [1.54, 1.807) is 41.3 Å². The molecule has 2 aliphatic heterocycles. The van der Waals surface area contributed by atoms with Crippen LogP contribution in [0, 0.1) is 11.3 Å². The Morgan fingerprint density at radius 3 is 2.71 bits per heavy atom. The van der Waals surface area contributed by atoms with Crippen molar-refractivity contribution in [2.75, 3.05) is 37.7 Å². The number of halogens is 2. The number of hydrogen-bond donors (Lipinski definition) is 2. The molecular formula is C29H28ClFN8O2. The van der Waals surface area contributed by atoms with E-state index in [1.165, 1.54) is 6.20 Å². The third kappa shape index (κ3) is 5.40. The number of nitriles is 1. The smallest absolute Gasteiger partial charge is 0.271 e. The summed E-state index contributed by atoms with van der Waals surface area (Å²) >= 11 is 6.15. The van der Waals surface area contributed by atoms with Crippen molar-refractivity contribution in [3.05, 3.63) is 71.4 Å². The number of pyridine rings is 3. The molecule has 2 aliphatic rings. The summed E-state index contributed by atoms with van der Waals surface area (Å²) in [5.41, 5.74) is 0.987. The Balaban J connectivity index is 1.17. The lowest BCUT2D eigenvalue weighted by Crippen LogP contribution is -2.59. The zero-order valence-electron chi connectivity index (χ0n) is 22.4. The van der Waals surface area contributed by atoms with Crippen LogP contribution >= 0.6 is 11.6 Å². The molecule has 1 amide bonds. The lowest BCUT2D eigenvalue weighted by Gasteiger charge is -2.40. The van der Waals surface area contributed by atoms with Crippen molar-refractivity contribution in [2.45, 2.75) is 31.0 Å². The van der Waals surface area contributed by atoms with Crippen LogP contribution in [0.5, 0.6) is 5.75 Å². The van der Waals surface area contributed by atoms with Gasteiger partial charge in [-0.15, -0.1) is 0 Å². The number of alkyl halides is 1. The van der Waals surface area contributed by atoms with Crippen LogP contribution in [0.25, 0.3) is 16.6 Å². The predicted octanol–water partition coefficient (Wildman–Crippen LogP) is 3.80. The fourth-order valence-corrected chi connectivity index (χ4v) is 5.37. The number of fused-ring (bicyclic) bond motifs is 1. The van der Waals surface area contributed by atoms with Crippen LogP contribution in [0.4, 0.5) is 10.2 Å².